The van der Waals surface area contributed by atoms with Gasteiger partial charge in [-0.1, -0.05) is 66.7 Å². The summed E-state index contributed by atoms with van der Waals surface area (Å²) < 4.78 is 0. The van der Waals surface area contributed by atoms with Crippen molar-refractivity contribution >= 4 is 13.3 Å². The van der Waals surface area contributed by atoms with Gasteiger partial charge in [-0.15, -0.1) is 0 Å². The Hall–Kier alpha value is -1.08. The molecular formula is C19H25Si. The topological polar surface area (TPSA) is 0 Å². The summed E-state index contributed by atoms with van der Waals surface area (Å²) in [4.78, 5) is 0. The molecule has 105 valence electrons. The molecule has 1 radical (unpaired) electrons. The molecule has 0 aliphatic heterocycles. The Labute approximate surface area is 124 Å². The van der Waals surface area contributed by atoms with Gasteiger partial charge in [0, 0.05) is 0 Å². The van der Waals surface area contributed by atoms with Crippen LogP contribution in [0.15, 0.2) is 47.1 Å². The highest BCUT2D eigenvalue weighted by Gasteiger charge is 2.32. The molecule has 1 aromatic rings. The average molecular weight is 281 g/mol. The van der Waals surface area contributed by atoms with E-state index in [0.717, 1.165) is 0 Å². The second-order valence-electron chi connectivity index (χ2n) is 7.01. The Morgan fingerprint density at radius 2 is 1.80 bits per heavy atom. The van der Waals surface area contributed by atoms with Crippen molar-refractivity contribution in [3.63, 3.8) is 0 Å². The molecule has 1 heteroatoms. The minimum absolute atomic E-state index is 0.667. The van der Waals surface area contributed by atoms with Crippen LogP contribution in [0.1, 0.15) is 32.6 Å². The zero-order valence-corrected chi connectivity index (χ0v) is 14.0. The molecule has 1 aromatic carbocycles. The third kappa shape index (κ3) is 2.56. The molecule has 1 unspecified atom stereocenters. The summed E-state index contributed by atoms with van der Waals surface area (Å²) >= 11 is 0. The molecule has 1 atom stereocenters. The van der Waals surface area contributed by atoms with Crippen LogP contribution in [0.25, 0.3) is 0 Å². The standard InChI is InChI=1S/C19H25Si/c1-15-17(13-16-9-7-8-12-19(15)16)14-20(2,3)18-10-5-4-6-11-18/h4-6,10-11,15H,7-9,12,14H2,1-3H3. The first-order chi connectivity index (χ1) is 9.58. The van der Waals surface area contributed by atoms with Crippen molar-refractivity contribution in [3.8, 4) is 0 Å². The van der Waals surface area contributed by atoms with Gasteiger partial charge in [0.15, 0.2) is 0 Å². The Bertz CT molecular complexity index is 548. The zero-order valence-electron chi connectivity index (χ0n) is 13.0. The Morgan fingerprint density at radius 3 is 2.50 bits per heavy atom. The monoisotopic (exact) mass is 281 g/mol. The summed E-state index contributed by atoms with van der Waals surface area (Å²) in [6.45, 7) is 7.41. The van der Waals surface area contributed by atoms with Crippen LogP contribution in [0.5, 0.6) is 0 Å². The van der Waals surface area contributed by atoms with E-state index in [1.807, 2.05) is 0 Å². The quantitative estimate of drug-likeness (QED) is 0.695. The summed E-state index contributed by atoms with van der Waals surface area (Å²) in [6, 6.07) is 12.4. The normalized spacial score (nSPS) is 22.8. The fraction of sp³-hybridized carbons (Fsp3) is 0.474. The summed E-state index contributed by atoms with van der Waals surface area (Å²) in [6.07, 6.45) is 9.15. The van der Waals surface area contributed by atoms with Crippen molar-refractivity contribution in [3.05, 3.63) is 53.1 Å². The molecule has 0 fully saturated rings. The molecule has 0 saturated carbocycles. The van der Waals surface area contributed by atoms with Gasteiger partial charge < -0.3 is 0 Å². The molecule has 0 aromatic heterocycles. The van der Waals surface area contributed by atoms with Crippen LogP contribution in [0, 0.1) is 12.0 Å². The molecule has 20 heavy (non-hydrogen) atoms. The van der Waals surface area contributed by atoms with E-state index in [0.29, 0.717) is 5.92 Å². The first-order valence-electron chi connectivity index (χ1n) is 7.98. The Balaban J connectivity index is 1.79. The van der Waals surface area contributed by atoms with Crippen molar-refractivity contribution in [1.29, 1.82) is 0 Å². The molecule has 0 N–H and O–H groups in total. The molecule has 0 spiro atoms. The second kappa shape index (κ2) is 5.36. The number of hydrogen-bond acceptors (Lipinski definition) is 0. The zero-order chi connectivity index (χ0) is 14.2. The van der Waals surface area contributed by atoms with Gasteiger partial charge in [-0.2, -0.15) is 0 Å². The van der Waals surface area contributed by atoms with Gasteiger partial charge >= 0.3 is 0 Å². The number of rotatable bonds is 3. The van der Waals surface area contributed by atoms with Gasteiger partial charge in [0.1, 0.15) is 0 Å². The third-order valence-corrected chi connectivity index (χ3v) is 8.22. The Kier molecular flexibility index (Phi) is 3.72. The number of allylic oxidation sites excluding steroid dienone is 4. The average Bonchev–Trinajstić information content (AvgIpc) is 2.76. The van der Waals surface area contributed by atoms with E-state index >= 15 is 0 Å². The maximum Gasteiger partial charge on any atom is 0.0846 e. The molecule has 0 amide bonds. The predicted molar refractivity (Wildman–Crippen MR) is 89.8 cm³/mol. The lowest BCUT2D eigenvalue weighted by molar-refractivity contribution is 0.636. The fourth-order valence-electron chi connectivity index (χ4n) is 3.73. The van der Waals surface area contributed by atoms with Crippen LogP contribution < -0.4 is 5.19 Å². The molecular weight excluding hydrogens is 256 g/mol. The smallest absolute Gasteiger partial charge is 0.0652 e. The highest BCUT2D eigenvalue weighted by atomic mass is 28.3. The lowest BCUT2D eigenvalue weighted by atomic mass is 9.88. The van der Waals surface area contributed by atoms with Crippen molar-refractivity contribution in [2.24, 2.45) is 5.92 Å². The largest absolute Gasteiger partial charge is 0.0846 e. The third-order valence-electron chi connectivity index (χ3n) is 5.05. The van der Waals surface area contributed by atoms with E-state index in [9.17, 15) is 0 Å². The number of benzene rings is 1. The Morgan fingerprint density at radius 1 is 1.10 bits per heavy atom. The van der Waals surface area contributed by atoms with Crippen molar-refractivity contribution in [2.45, 2.75) is 51.7 Å². The highest BCUT2D eigenvalue weighted by molar-refractivity contribution is 6.90. The van der Waals surface area contributed by atoms with Gasteiger partial charge in [-0.3, -0.25) is 0 Å². The van der Waals surface area contributed by atoms with Crippen molar-refractivity contribution in [1.82, 2.24) is 0 Å². The molecule has 2 aliphatic rings. The van der Waals surface area contributed by atoms with Gasteiger partial charge in [0.25, 0.3) is 0 Å². The van der Waals surface area contributed by atoms with Crippen LogP contribution >= 0.6 is 0 Å². The minimum atomic E-state index is -1.38. The second-order valence-corrected chi connectivity index (χ2v) is 11.7. The van der Waals surface area contributed by atoms with Crippen LogP contribution in [-0.2, 0) is 0 Å². The van der Waals surface area contributed by atoms with Gasteiger partial charge in [0.05, 0.1) is 8.07 Å². The van der Waals surface area contributed by atoms with E-state index in [2.05, 4.69) is 56.4 Å². The van der Waals surface area contributed by atoms with E-state index < -0.39 is 8.07 Å². The highest BCUT2D eigenvalue weighted by Crippen LogP contribution is 2.42. The van der Waals surface area contributed by atoms with Gasteiger partial charge in [0.2, 0.25) is 0 Å². The molecule has 0 nitrogen and oxygen atoms in total. The summed E-state index contributed by atoms with van der Waals surface area (Å²) in [5, 5.41) is 1.58. The number of hydrogen-bond donors (Lipinski definition) is 0. The van der Waals surface area contributed by atoms with Crippen LogP contribution in [0.4, 0.5) is 0 Å². The summed E-state index contributed by atoms with van der Waals surface area (Å²) in [5.74, 6) is 0.667. The van der Waals surface area contributed by atoms with E-state index in [1.165, 1.54) is 31.7 Å². The fourth-order valence-corrected chi connectivity index (χ4v) is 6.37. The minimum Gasteiger partial charge on any atom is -0.0652 e. The lowest BCUT2D eigenvalue weighted by Crippen LogP contribution is -2.41. The maximum atomic E-state index is 3.80. The van der Waals surface area contributed by atoms with Gasteiger partial charge in [-0.25, -0.2) is 0 Å². The maximum absolute atomic E-state index is 3.80. The van der Waals surface area contributed by atoms with E-state index in [1.54, 1.807) is 21.9 Å². The van der Waals surface area contributed by atoms with E-state index in [4.69, 9.17) is 0 Å². The first kappa shape index (κ1) is 13.9. The van der Waals surface area contributed by atoms with Crippen LogP contribution in [0.2, 0.25) is 19.1 Å². The van der Waals surface area contributed by atoms with Crippen molar-refractivity contribution in [2.75, 3.05) is 0 Å². The predicted octanol–water partition coefficient (Wildman–Crippen LogP) is 4.85. The van der Waals surface area contributed by atoms with Crippen LogP contribution in [0.3, 0.4) is 0 Å². The lowest BCUT2D eigenvalue weighted by Gasteiger charge is -2.26. The summed E-state index contributed by atoms with van der Waals surface area (Å²) in [7, 11) is -1.38. The summed E-state index contributed by atoms with van der Waals surface area (Å²) in [5.41, 5.74) is 4.87. The SMILES string of the molecule is CC1C(C[Si](C)(C)c2ccccc2)=[C]C2=C1CCCC2. The van der Waals surface area contributed by atoms with E-state index in [-0.39, 0.29) is 0 Å². The molecule has 0 bridgehead atoms. The molecule has 3 rings (SSSR count). The molecule has 0 heterocycles. The molecule has 0 saturated heterocycles. The van der Waals surface area contributed by atoms with Crippen molar-refractivity contribution < 1.29 is 0 Å². The van der Waals surface area contributed by atoms with Gasteiger partial charge in [-0.05, 0) is 49.3 Å². The first-order valence-corrected chi connectivity index (χ1v) is 11.2. The van der Waals surface area contributed by atoms with Crippen LogP contribution in [-0.4, -0.2) is 8.07 Å². The molecule has 2 aliphatic carbocycles.